The number of carbonyl (C=O) groups excluding carboxylic acids is 1. The minimum Gasteiger partial charge on any atom is -0.387 e. The van der Waals surface area contributed by atoms with Gasteiger partial charge in [0.05, 0.1) is 18.7 Å². The Bertz CT molecular complexity index is 964. The van der Waals surface area contributed by atoms with Gasteiger partial charge in [-0.15, -0.1) is 0 Å². The van der Waals surface area contributed by atoms with Crippen molar-refractivity contribution in [3.05, 3.63) is 32.6 Å². The number of nitrogens with one attached hydrogen (secondary N) is 1. The number of aliphatic hydroxyl groups excluding tert-OH is 2. The fourth-order valence-corrected chi connectivity index (χ4v) is 3.29. The van der Waals surface area contributed by atoms with Crippen LogP contribution in [-0.4, -0.2) is 68.7 Å². The van der Waals surface area contributed by atoms with Crippen LogP contribution in [0.25, 0.3) is 0 Å². The number of aromatic nitrogens is 2. The van der Waals surface area contributed by atoms with Gasteiger partial charge in [0.1, 0.15) is 18.3 Å². The third kappa shape index (κ3) is 5.84. The molecule has 11 nitrogen and oxygen atoms in total. The summed E-state index contributed by atoms with van der Waals surface area (Å²) in [5.41, 5.74) is -2.63. The number of amides is 1. The largest absolute Gasteiger partial charge is 0.471 e. The Labute approximate surface area is 174 Å². The normalized spacial score (nSPS) is 24.8. The number of alkyl halides is 3. The Morgan fingerprint density at radius 2 is 1.97 bits per heavy atom. The average molecular weight is 500 g/mol. The molecule has 3 N–H and O–H groups in total. The third-order valence-corrected chi connectivity index (χ3v) is 5.07. The Morgan fingerprint density at radius 1 is 1.37 bits per heavy atom. The first-order valence-corrected chi connectivity index (χ1v) is 11.4. The van der Waals surface area contributed by atoms with Gasteiger partial charge in [-0.1, -0.05) is 0 Å². The van der Waals surface area contributed by atoms with E-state index in [4.69, 9.17) is 27.2 Å². The predicted molar refractivity (Wildman–Crippen MR) is 95.0 cm³/mol. The lowest BCUT2D eigenvalue weighted by Crippen LogP contribution is -2.42. The van der Waals surface area contributed by atoms with E-state index >= 15 is 0 Å². The summed E-state index contributed by atoms with van der Waals surface area (Å²) in [6.07, 6.45) is -14.8. The van der Waals surface area contributed by atoms with Crippen LogP contribution in [-0.2, 0) is 25.2 Å². The average Bonchev–Trinajstić information content (AvgIpc) is 2.88. The van der Waals surface area contributed by atoms with Crippen molar-refractivity contribution in [3.63, 3.8) is 0 Å². The fraction of sp³-hybridized carbons (Fsp3) is 0.615. The number of aromatic amines is 1. The number of halogens is 5. The summed E-state index contributed by atoms with van der Waals surface area (Å²) in [6.45, 7) is -1.46. The zero-order chi connectivity index (χ0) is 23.0. The molecular weight excluding hydrogens is 485 g/mol. The van der Waals surface area contributed by atoms with Crippen LogP contribution in [0.2, 0.25) is 0 Å². The maximum absolute atomic E-state index is 12.5. The van der Waals surface area contributed by atoms with Gasteiger partial charge in [0.15, 0.2) is 6.23 Å². The summed E-state index contributed by atoms with van der Waals surface area (Å²) in [7, 11) is 0.791. The molecule has 1 aliphatic rings. The first kappa shape index (κ1) is 24.9. The van der Waals surface area contributed by atoms with Crippen LogP contribution in [0.5, 0.6) is 0 Å². The van der Waals surface area contributed by atoms with Crippen LogP contribution >= 0.6 is 28.6 Å². The summed E-state index contributed by atoms with van der Waals surface area (Å²) in [6, 6.07) is 0. The van der Waals surface area contributed by atoms with E-state index in [-0.39, 0.29) is 4.90 Å². The number of ether oxygens (including phenoxy) is 1. The standard InChI is InChI=1S/C13H15Cl2F3N3O8P/c1-20(11(25)13(16,17)18)2-5-3-21(12(26)19-9(5)24)10-8(23)7(22)6(29-10)4-28-30(14,15)27/h3,6-8,10,22-23H,2,4H2,1H3,(H,19,24,26)/t6-,7?,8?,10-/m1/s1. The summed E-state index contributed by atoms with van der Waals surface area (Å²) in [5.74, 6) is -2.23. The lowest BCUT2D eigenvalue weighted by atomic mass is 10.1. The summed E-state index contributed by atoms with van der Waals surface area (Å²) in [5, 5.41) is 20.2. The highest BCUT2D eigenvalue weighted by Crippen LogP contribution is 2.57. The fourth-order valence-electron chi connectivity index (χ4n) is 2.63. The second-order valence-electron chi connectivity index (χ2n) is 6.24. The van der Waals surface area contributed by atoms with Crippen LogP contribution in [0.4, 0.5) is 13.2 Å². The summed E-state index contributed by atoms with van der Waals surface area (Å²) < 4.78 is 59.2. The molecule has 0 saturated carbocycles. The molecule has 1 saturated heterocycles. The van der Waals surface area contributed by atoms with E-state index in [9.17, 15) is 42.3 Å². The molecule has 0 spiro atoms. The van der Waals surface area contributed by atoms with E-state index in [0.29, 0.717) is 4.57 Å². The number of hydrogen-bond acceptors (Lipinski definition) is 8. The third-order valence-electron chi connectivity index (χ3n) is 4.04. The summed E-state index contributed by atoms with van der Waals surface area (Å²) in [4.78, 5) is 37.3. The Hall–Kier alpha value is -1.41. The second-order valence-corrected chi connectivity index (χ2v) is 10.5. The van der Waals surface area contributed by atoms with Crippen LogP contribution in [0, 0.1) is 0 Å². The highest BCUT2D eigenvalue weighted by Gasteiger charge is 2.45. The van der Waals surface area contributed by atoms with Gasteiger partial charge in [0, 0.05) is 13.2 Å². The molecule has 1 aromatic rings. The topological polar surface area (TPSA) is 151 Å². The minimum absolute atomic E-state index is 0.204. The molecular formula is C13H15Cl2F3N3O8P. The van der Waals surface area contributed by atoms with Crippen LogP contribution in [0.15, 0.2) is 15.8 Å². The van der Waals surface area contributed by atoms with Crippen molar-refractivity contribution in [2.75, 3.05) is 13.7 Å². The molecule has 4 atom stereocenters. The minimum atomic E-state index is -5.18. The number of rotatable bonds is 6. The number of nitrogens with zero attached hydrogens (tertiary/aromatic N) is 2. The van der Waals surface area contributed by atoms with Gasteiger partial charge in [-0.25, -0.2) is 4.79 Å². The lowest BCUT2D eigenvalue weighted by Gasteiger charge is -2.21. The van der Waals surface area contributed by atoms with Gasteiger partial charge in [-0.3, -0.25) is 23.7 Å². The molecule has 30 heavy (non-hydrogen) atoms. The first-order valence-electron chi connectivity index (χ1n) is 7.94. The Balaban J connectivity index is 2.29. The Morgan fingerprint density at radius 3 is 2.50 bits per heavy atom. The van der Waals surface area contributed by atoms with E-state index < -0.39 is 72.7 Å². The van der Waals surface area contributed by atoms with Gasteiger partial charge >= 0.3 is 23.8 Å². The van der Waals surface area contributed by atoms with Crippen molar-refractivity contribution in [2.45, 2.75) is 37.3 Å². The molecule has 0 bridgehead atoms. The van der Waals surface area contributed by atoms with Crippen molar-refractivity contribution in [1.29, 1.82) is 0 Å². The smallest absolute Gasteiger partial charge is 0.387 e. The van der Waals surface area contributed by atoms with E-state index in [1.807, 2.05) is 4.98 Å². The molecule has 1 aromatic heterocycles. The van der Waals surface area contributed by atoms with Crippen molar-refractivity contribution < 1.29 is 42.0 Å². The maximum atomic E-state index is 12.5. The number of H-pyrrole nitrogens is 1. The highest BCUT2D eigenvalue weighted by molar-refractivity contribution is 8.05. The van der Waals surface area contributed by atoms with Gasteiger partial charge < -0.3 is 24.4 Å². The molecule has 1 amide bonds. The van der Waals surface area contributed by atoms with E-state index in [0.717, 1.165) is 13.2 Å². The number of carbonyl (C=O) groups is 1. The van der Waals surface area contributed by atoms with E-state index in [1.54, 1.807) is 0 Å². The maximum Gasteiger partial charge on any atom is 0.471 e. The Kier molecular flexibility index (Phi) is 7.45. The lowest BCUT2D eigenvalue weighted by molar-refractivity contribution is -0.184. The van der Waals surface area contributed by atoms with Gasteiger partial charge in [0.25, 0.3) is 5.56 Å². The quantitative estimate of drug-likeness (QED) is 0.472. The first-order chi connectivity index (χ1) is 13.6. The molecule has 17 heteroatoms. The van der Waals surface area contributed by atoms with Crippen molar-refractivity contribution in [1.82, 2.24) is 14.5 Å². The van der Waals surface area contributed by atoms with E-state index in [2.05, 4.69) is 4.52 Å². The van der Waals surface area contributed by atoms with Gasteiger partial charge in [0.2, 0.25) is 0 Å². The van der Waals surface area contributed by atoms with Crippen LogP contribution in [0.1, 0.15) is 11.8 Å². The van der Waals surface area contributed by atoms with Crippen LogP contribution in [0.3, 0.4) is 0 Å². The van der Waals surface area contributed by atoms with Crippen LogP contribution < -0.4 is 11.2 Å². The van der Waals surface area contributed by atoms with Gasteiger partial charge in [-0.2, -0.15) is 13.2 Å². The molecule has 1 aliphatic heterocycles. The molecule has 2 rings (SSSR count). The molecule has 0 aliphatic carbocycles. The SMILES string of the molecule is CN(Cc1cn([C@@H]2O[C@H](COP(=O)(Cl)Cl)C(O)C2O)c(=O)[nH]c1=O)C(=O)C(F)(F)F. The van der Waals surface area contributed by atoms with E-state index in [1.165, 1.54) is 0 Å². The molecule has 1 fully saturated rings. The number of aliphatic hydroxyl groups is 2. The van der Waals surface area contributed by atoms with Crippen molar-refractivity contribution >= 4 is 34.5 Å². The second kappa shape index (κ2) is 8.99. The molecule has 0 aromatic carbocycles. The molecule has 2 heterocycles. The predicted octanol–water partition coefficient (Wildman–Crippen LogP) is 0.279. The molecule has 0 radical (unpaired) electrons. The summed E-state index contributed by atoms with van der Waals surface area (Å²) >= 11 is 10.4. The van der Waals surface area contributed by atoms with Crippen molar-refractivity contribution in [3.8, 4) is 0 Å². The zero-order valence-electron chi connectivity index (χ0n) is 14.9. The monoisotopic (exact) mass is 499 g/mol. The number of hydrogen-bond donors (Lipinski definition) is 3. The highest BCUT2D eigenvalue weighted by atomic mass is 35.9. The molecule has 2 unspecified atom stereocenters. The zero-order valence-corrected chi connectivity index (χ0v) is 17.3. The molecule has 170 valence electrons. The van der Waals surface area contributed by atoms with Gasteiger partial charge in [-0.05, 0) is 22.5 Å². The van der Waals surface area contributed by atoms with Crippen molar-refractivity contribution in [2.24, 2.45) is 0 Å².